The van der Waals surface area contributed by atoms with E-state index in [2.05, 4.69) is 19.9 Å². The first-order valence-electron chi connectivity index (χ1n) is 10.00. The predicted octanol–water partition coefficient (Wildman–Crippen LogP) is 3.62. The van der Waals surface area contributed by atoms with Crippen molar-refractivity contribution in [3.63, 3.8) is 0 Å². The summed E-state index contributed by atoms with van der Waals surface area (Å²) in [6, 6.07) is 0. The van der Waals surface area contributed by atoms with Crippen LogP contribution in [0.5, 0.6) is 0 Å². The summed E-state index contributed by atoms with van der Waals surface area (Å²) < 4.78 is 0. The van der Waals surface area contributed by atoms with Gasteiger partial charge < -0.3 is 15.3 Å². The Morgan fingerprint density at radius 2 is 1.84 bits per heavy atom. The first-order chi connectivity index (χ1) is 11.7. The van der Waals surface area contributed by atoms with Gasteiger partial charge in [-0.15, -0.1) is 0 Å². The van der Waals surface area contributed by atoms with Gasteiger partial charge in [0.05, 0.1) is 12.2 Å². The van der Waals surface area contributed by atoms with E-state index in [-0.39, 0.29) is 17.6 Å². The summed E-state index contributed by atoms with van der Waals surface area (Å²) in [5.74, 6) is 2.82. The van der Waals surface area contributed by atoms with Crippen molar-refractivity contribution in [1.82, 2.24) is 0 Å². The molecule has 25 heavy (non-hydrogen) atoms. The molecule has 0 bridgehead atoms. The topological polar surface area (TPSA) is 77.8 Å². The Morgan fingerprint density at radius 1 is 1.16 bits per heavy atom. The Labute approximate surface area is 151 Å². The molecular formula is C21H34O4. The van der Waals surface area contributed by atoms with Crippen LogP contribution in [0.2, 0.25) is 0 Å². The first kappa shape index (κ1) is 18.9. The zero-order valence-electron chi connectivity index (χ0n) is 15.8. The fraction of sp³-hybridized carbons (Fsp3) is 0.857. The molecule has 4 heteroatoms. The van der Waals surface area contributed by atoms with Crippen molar-refractivity contribution >= 4 is 5.97 Å². The van der Waals surface area contributed by atoms with Gasteiger partial charge in [0.2, 0.25) is 0 Å². The van der Waals surface area contributed by atoms with E-state index in [1.165, 1.54) is 25.7 Å². The lowest BCUT2D eigenvalue weighted by Crippen LogP contribution is -2.49. The Hall–Kier alpha value is -0.870. The number of rotatable bonds is 0. The highest BCUT2D eigenvalue weighted by molar-refractivity contribution is 5.62. The Kier molecular flexibility index (Phi) is 5.32. The molecule has 0 aliphatic heterocycles. The molecule has 4 nitrogen and oxygen atoms in total. The lowest BCUT2D eigenvalue weighted by molar-refractivity contribution is -0.134. The van der Waals surface area contributed by atoms with E-state index in [4.69, 9.17) is 9.90 Å². The number of aliphatic carboxylic acids is 1. The molecule has 142 valence electrons. The average Bonchev–Trinajstić information content (AvgIpc) is 2.82. The number of aliphatic hydroxyl groups excluding tert-OH is 2. The normalized spacial score (nSPS) is 48.2. The lowest BCUT2D eigenvalue weighted by Gasteiger charge is -2.55. The lowest BCUT2D eigenvalue weighted by atomic mass is 9.50. The first-order valence-corrected chi connectivity index (χ1v) is 10.00. The second-order valence-corrected chi connectivity index (χ2v) is 9.15. The van der Waals surface area contributed by atoms with Crippen molar-refractivity contribution in [2.24, 2.45) is 35.0 Å². The summed E-state index contributed by atoms with van der Waals surface area (Å²) in [6.45, 7) is 5.82. The molecule has 3 N–H and O–H groups in total. The molecule has 4 rings (SSSR count). The molecule has 4 aliphatic carbocycles. The minimum Gasteiger partial charge on any atom is -0.481 e. The predicted molar refractivity (Wildman–Crippen MR) is 97.0 cm³/mol. The summed E-state index contributed by atoms with van der Waals surface area (Å²) in [5, 5.41) is 27.9. The number of aliphatic hydroxyl groups is 2. The quantitative estimate of drug-likeness (QED) is 0.583. The maximum atomic E-state index is 10.5. The van der Waals surface area contributed by atoms with Gasteiger partial charge in [0.15, 0.2) is 0 Å². The highest BCUT2D eigenvalue weighted by atomic mass is 16.4. The third kappa shape index (κ3) is 3.40. The summed E-state index contributed by atoms with van der Waals surface area (Å²) >= 11 is 0. The van der Waals surface area contributed by atoms with Crippen molar-refractivity contribution < 1.29 is 20.1 Å². The average molecular weight is 350 g/mol. The van der Waals surface area contributed by atoms with Crippen LogP contribution < -0.4 is 0 Å². The third-order valence-corrected chi connectivity index (χ3v) is 7.69. The highest BCUT2D eigenvalue weighted by Crippen LogP contribution is 2.62. The SMILES string of the molecule is CC(=O)O.C[C@@H]1C=C2C[C@@H](O)CC[C@@H]2[C@H]2CC[C@]3(C)[C@@H](O)CC[C@H]3[C@@H]21. The largest absolute Gasteiger partial charge is 0.481 e. The molecule has 0 heterocycles. The van der Waals surface area contributed by atoms with Crippen molar-refractivity contribution in [3.8, 4) is 0 Å². The molecule has 3 saturated carbocycles. The number of hydrogen-bond donors (Lipinski definition) is 3. The van der Waals surface area contributed by atoms with Crippen LogP contribution in [0.15, 0.2) is 11.6 Å². The van der Waals surface area contributed by atoms with E-state index in [1.807, 2.05) is 0 Å². The standard InChI is InChI=1S/C19H30O2.C2H4O2/c1-11-9-12-10-13(20)3-4-14(12)15-7-8-19(2)16(18(11)15)5-6-17(19)21;1-2(3)4/h9,11,13-18,20-21H,3-8,10H2,1-2H3;1H3,(H,3,4)/t11-,13+,14+,15-,16+,17+,18-,19+;/m1./s1. The number of fused-ring (bicyclic) bond motifs is 5. The second-order valence-electron chi connectivity index (χ2n) is 9.15. The smallest absolute Gasteiger partial charge is 0.300 e. The maximum Gasteiger partial charge on any atom is 0.300 e. The minimum atomic E-state index is -0.833. The summed E-state index contributed by atoms with van der Waals surface area (Å²) in [4.78, 5) is 9.00. The van der Waals surface area contributed by atoms with Gasteiger partial charge in [0.1, 0.15) is 0 Å². The van der Waals surface area contributed by atoms with Gasteiger partial charge in [-0.05, 0) is 80.0 Å². The van der Waals surface area contributed by atoms with Crippen LogP contribution >= 0.6 is 0 Å². The molecule has 0 unspecified atom stereocenters. The molecule has 3 fully saturated rings. The van der Waals surface area contributed by atoms with E-state index in [9.17, 15) is 10.2 Å². The van der Waals surface area contributed by atoms with Crippen LogP contribution in [0.1, 0.15) is 65.7 Å². The zero-order chi connectivity index (χ0) is 18.4. The van der Waals surface area contributed by atoms with Gasteiger partial charge in [0, 0.05) is 6.92 Å². The molecule has 4 aliphatic rings. The zero-order valence-corrected chi connectivity index (χ0v) is 15.8. The summed E-state index contributed by atoms with van der Waals surface area (Å²) in [6.07, 6.45) is 10.2. The Bertz CT molecular complexity index is 538. The second kappa shape index (κ2) is 7.03. The van der Waals surface area contributed by atoms with Crippen molar-refractivity contribution in [2.75, 3.05) is 0 Å². The Balaban J connectivity index is 0.000000415. The molecule has 8 atom stereocenters. The van der Waals surface area contributed by atoms with Gasteiger partial charge >= 0.3 is 0 Å². The van der Waals surface area contributed by atoms with Crippen LogP contribution in [0, 0.1) is 35.0 Å². The van der Waals surface area contributed by atoms with Crippen LogP contribution in [-0.2, 0) is 4.79 Å². The molecule has 0 aromatic rings. The molecule has 0 amide bonds. The van der Waals surface area contributed by atoms with E-state index in [1.54, 1.807) is 5.57 Å². The summed E-state index contributed by atoms with van der Waals surface area (Å²) in [7, 11) is 0. The fourth-order valence-corrected chi connectivity index (χ4v) is 6.63. The monoisotopic (exact) mass is 350 g/mol. The maximum absolute atomic E-state index is 10.5. The van der Waals surface area contributed by atoms with Gasteiger partial charge in [0.25, 0.3) is 5.97 Å². The van der Waals surface area contributed by atoms with Crippen molar-refractivity contribution in [1.29, 1.82) is 0 Å². The number of carboxylic acids is 1. The third-order valence-electron chi connectivity index (χ3n) is 7.69. The van der Waals surface area contributed by atoms with Crippen LogP contribution in [-0.4, -0.2) is 33.5 Å². The van der Waals surface area contributed by atoms with Crippen molar-refractivity contribution in [3.05, 3.63) is 11.6 Å². The number of carbonyl (C=O) groups is 1. The number of carboxylic acid groups (broad SMARTS) is 1. The van der Waals surface area contributed by atoms with E-state index in [0.717, 1.165) is 43.9 Å². The number of allylic oxidation sites excluding steroid dienone is 1. The van der Waals surface area contributed by atoms with Gasteiger partial charge in [-0.25, -0.2) is 0 Å². The molecule has 0 saturated heterocycles. The van der Waals surface area contributed by atoms with Gasteiger partial charge in [-0.1, -0.05) is 25.5 Å². The van der Waals surface area contributed by atoms with Crippen LogP contribution in [0.3, 0.4) is 0 Å². The highest BCUT2D eigenvalue weighted by Gasteiger charge is 2.57. The molecular weight excluding hydrogens is 316 g/mol. The van der Waals surface area contributed by atoms with Crippen LogP contribution in [0.25, 0.3) is 0 Å². The molecule has 0 aromatic carbocycles. The fourth-order valence-electron chi connectivity index (χ4n) is 6.63. The minimum absolute atomic E-state index is 0.0748. The number of hydrogen-bond acceptors (Lipinski definition) is 3. The van der Waals surface area contributed by atoms with E-state index in [0.29, 0.717) is 11.8 Å². The van der Waals surface area contributed by atoms with E-state index < -0.39 is 5.97 Å². The molecule has 0 radical (unpaired) electrons. The molecule has 0 spiro atoms. The van der Waals surface area contributed by atoms with Crippen molar-refractivity contribution in [2.45, 2.75) is 77.9 Å². The summed E-state index contributed by atoms with van der Waals surface area (Å²) in [5.41, 5.74) is 1.74. The van der Waals surface area contributed by atoms with Gasteiger partial charge in [-0.3, -0.25) is 4.79 Å². The Morgan fingerprint density at radius 3 is 2.52 bits per heavy atom. The van der Waals surface area contributed by atoms with Crippen LogP contribution in [0.4, 0.5) is 0 Å². The molecule has 0 aromatic heterocycles. The van der Waals surface area contributed by atoms with E-state index >= 15 is 0 Å². The van der Waals surface area contributed by atoms with Gasteiger partial charge in [-0.2, -0.15) is 0 Å².